The summed E-state index contributed by atoms with van der Waals surface area (Å²) in [4.78, 5) is 4.13. The van der Waals surface area contributed by atoms with Gasteiger partial charge in [-0.15, -0.1) is 0 Å². The third kappa shape index (κ3) is 4.41. The van der Waals surface area contributed by atoms with Crippen LogP contribution in [0.2, 0.25) is 0 Å². The molecule has 0 fully saturated rings. The van der Waals surface area contributed by atoms with E-state index in [-0.39, 0.29) is 5.75 Å². The SMILES string of the molecule is CCN(Cc1ccccn1)S(=O)(=O)CCCN. The fraction of sp³-hybridized carbons (Fsp3) is 0.545. The molecular weight excluding hydrogens is 238 g/mol. The van der Waals surface area contributed by atoms with Crippen LogP contribution in [0.4, 0.5) is 0 Å². The van der Waals surface area contributed by atoms with Gasteiger partial charge in [-0.1, -0.05) is 13.0 Å². The van der Waals surface area contributed by atoms with Gasteiger partial charge in [0.05, 0.1) is 18.0 Å². The summed E-state index contributed by atoms with van der Waals surface area (Å²) in [6.07, 6.45) is 2.15. The Kier molecular flexibility index (Phi) is 5.54. The first-order valence-corrected chi connectivity index (χ1v) is 7.29. The molecule has 0 bridgehead atoms. The molecule has 0 aromatic carbocycles. The number of hydrogen-bond donors (Lipinski definition) is 1. The van der Waals surface area contributed by atoms with E-state index < -0.39 is 10.0 Å². The van der Waals surface area contributed by atoms with E-state index in [9.17, 15) is 8.42 Å². The second-order valence-corrected chi connectivity index (χ2v) is 5.79. The highest BCUT2D eigenvalue weighted by Gasteiger charge is 2.20. The zero-order chi connectivity index (χ0) is 12.7. The first-order chi connectivity index (χ1) is 8.10. The molecule has 1 aromatic heterocycles. The van der Waals surface area contributed by atoms with Crippen LogP contribution in [-0.4, -0.2) is 36.5 Å². The number of nitrogens with zero attached hydrogens (tertiary/aromatic N) is 2. The maximum atomic E-state index is 12.0. The summed E-state index contributed by atoms with van der Waals surface area (Å²) >= 11 is 0. The van der Waals surface area contributed by atoms with Crippen molar-refractivity contribution in [1.29, 1.82) is 0 Å². The topological polar surface area (TPSA) is 76.3 Å². The molecule has 0 spiro atoms. The van der Waals surface area contributed by atoms with Gasteiger partial charge >= 0.3 is 0 Å². The quantitative estimate of drug-likeness (QED) is 0.775. The standard InChI is InChI=1S/C11H19N3O2S/c1-2-14(17(15,16)9-5-7-12)10-11-6-3-4-8-13-11/h3-4,6,8H,2,5,7,9-10,12H2,1H3. The Bertz CT molecular complexity index is 420. The van der Waals surface area contributed by atoms with E-state index in [0.717, 1.165) is 5.69 Å². The van der Waals surface area contributed by atoms with E-state index in [1.165, 1.54) is 4.31 Å². The van der Waals surface area contributed by atoms with Gasteiger partial charge in [-0.25, -0.2) is 8.42 Å². The smallest absolute Gasteiger partial charge is 0.214 e. The molecule has 5 nitrogen and oxygen atoms in total. The normalized spacial score (nSPS) is 11.9. The molecule has 0 aliphatic carbocycles. The highest BCUT2D eigenvalue weighted by Crippen LogP contribution is 2.08. The van der Waals surface area contributed by atoms with Gasteiger partial charge in [-0.2, -0.15) is 4.31 Å². The average Bonchev–Trinajstić information content (AvgIpc) is 2.34. The summed E-state index contributed by atoms with van der Waals surface area (Å²) in [5, 5.41) is 0. The van der Waals surface area contributed by atoms with Crippen LogP contribution >= 0.6 is 0 Å². The predicted molar refractivity (Wildman–Crippen MR) is 67.8 cm³/mol. The highest BCUT2D eigenvalue weighted by atomic mass is 32.2. The summed E-state index contributed by atoms with van der Waals surface area (Å²) in [6.45, 7) is 2.98. The number of aromatic nitrogens is 1. The van der Waals surface area contributed by atoms with Crippen LogP contribution in [0.3, 0.4) is 0 Å². The lowest BCUT2D eigenvalue weighted by molar-refractivity contribution is 0.418. The van der Waals surface area contributed by atoms with Gasteiger partial charge in [-0.05, 0) is 25.1 Å². The minimum absolute atomic E-state index is 0.101. The number of sulfonamides is 1. The summed E-state index contributed by atoms with van der Waals surface area (Å²) in [5.41, 5.74) is 6.09. The molecule has 0 unspecified atom stereocenters. The van der Waals surface area contributed by atoms with Gasteiger partial charge in [0.1, 0.15) is 0 Å². The summed E-state index contributed by atoms with van der Waals surface area (Å²) in [6, 6.07) is 5.48. The molecule has 0 radical (unpaired) electrons. The Hall–Kier alpha value is -0.980. The third-order valence-corrected chi connectivity index (χ3v) is 4.40. The van der Waals surface area contributed by atoms with E-state index in [1.54, 1.807) is 6.20 Å². The van der Waals surface area contributed by atoms with Crippen molar-refractivity contribution < 1.29 is 8.42 Å². The van der Waals surface area contributed by atoms with Crippen LogP contribution in [0.5, 0.6) is 0 Å². The first-order valence-electron chi connectivity index (χ1n) is 5.68. The maximum absolute atomic E-state index is 12.0. The summed E-state index contributed by atoms with van der Waals surface area (Å²) in [7, 11) is -3.22. The Morgan fingerprint density at radius 2 is 2.18 bits per heavy atom. The molecule has 96 valence electrons. The van der Waals surface area contributed by atoms with Crippen molar-refractivity contribution in [2.75, 3.05) is 18.8 Å². The van der Waals surface area contributed by atoms with Crippen LogP contribution in [0, 0.1) is 0 Å². The minimum Gasteiger partial charge on any atom is -0.330 e. The molecule has 0 aliphatic heterocycles. The van der Waals surface area contributed by atoms with E-state index >= 15 is 0 Å². The molecule has 1 rings (SSSR count). The first kappa shape index (κ1) is 14.1. The zero-order valence-corrected chi connectivity index (χ0v) is 10.9. The lowest BCUT2D eigenvalue weighted by Crippen LogP contribution is -2.33. The number of nitrogens with two attached hydrogens (primary N) is 1. The number of rotatable bonds is 7. The van der Waals surface area contributed by atoms with E-state index in [1.807, 2.05) is 25.1 Å². The second kappa shape index (κ2) is 6.68. The Labute approximate surface area is 103 Å². The monoisotopic (exact) mass is 257 g/mol. The lowest BCUT2D eigenvalue weighted by atomic mass is 10.3. The van der Waals surface area contributed by atoms with Crippen molar-refractivity contribution in [3.8, 4) is 0 Å². The predicted octanol–water partition coefficient (Wildman–Crippen LogP) is 0.582. The van der Waals surface area contributed by atoms with Crippen molar-refractivity contribution >= 4 is 10.0 Å². The van der Waals surface area contributed by atoms with Crippen molar-refractivity contribution in [2.45, 2.75) is 19.9 Å². The Morgan fingerprint density at radius 3 is 2.71 bits per heavy atom. The summed E-state index contributed by atoms with van der Waals surface area (Å²) < 4.78 is 25.4. The molecule has 0 amide bonds. The largest absolute Gasteiger partial charge is 0.330 e. The van der Waals surface area contributed by atoms with Crippen molar-refractivity contribution in [1.82, 2.24) is 9.29 Å². The van der Waals surface area contributed by atoms with Gasteiger partial charge in [0.25, 0.3) is 0 Å². The van der Waals surface area contributed by atoms with Crippen molar-refractivity contribution in [3.63, 3.8) is 0 Å². The molecular formula is C11H19N3O2S. The molecule has 1 heterocycles. The number of hydrogen-bond acceptors (Lipinski definition) is 4. The second-order valence-electron chi connectivity index (χ2n) is 3.71. The Morgan fingerprint density at radius 1 is 1.41 bits per heavy atom. The van der Waals surface area contributed by atoms with Crippen molar-refractivity contribution in [3.05, 3.63) is 30.1 Å². The molecule has 0 saturated heterocycles. The van der Waals surface area contributed by atoms with Crippen LogP contribution in [-0.2, 0) is 16.6 Å². The van der Waals surface area contributed by atoms with Gasteiger partial charge in [0.2, 0.25) is 10.0 Å². The van der Waals surface area contributed by atoms with Crippen LogP contribution in [0.1, 0.15) is 19.0 Å². The molecule has 6 heteroatoms. The van der Waals surface area contributed by atoms with Crippen molar-refractivity contribution in [2.24, 2.45) is 5.73 Å². The van der Waals surface area contributed by atoms with Gasteiger partial charge in [0, 0.05) is 12.7 Å². The molecule has 0 aliphatic rings. The van der Waals surface area contributed by atoms with Gasteiger partial charge < -0.3 is 5.73 Å². The van der Waals surface area contributed by atoms with E-state index in [2.05, 4.69) is 4.98 Å². The fourth-order valence-corrected chi connectivity index (χ4v) is 2.99. The van der Waals surface area contributed by atoms with Crippen LogP contribution < -0.4 is 5.73 Å². The zero-order valence-electron chi connectivity index (χ0n) is 10.0. The van der Waals surface area contributed by atoms with E-state index in [0.29, 0.717) is 26.1 Å². The van der Waals surface area contributed by atoms with Gasteiger partial charge in [0.15, 0.2) is 0 Å². The average molecular weight is 257 g/mol. The molecule has 0 atom stereocenters. The fourth-order valence-electron chi connectivity index (χ4n) is 1.47. The number of pyridine rings is 1. The van der Waals surface area contributed by atoms with Gasteiger partial charge in [-0.3, -0.25) is 4.98 Å². The molecule has 1 aromatic rings. The van der Waals surface area contributed by atoms with Crippen LogP contribution in [0.25, 0.3) is 0 Å². The van der Waals surface area contributed by atoms with Crippen LogP contribution in [0.15, 0.2) is 24.4 Å². The third-order valence-electron chi connectivity index (χ3n) is 2.42. The molecule has 17 heavy (non-hydrogen) atoms. The minimum atomic E-state index is -3.22. The van der Waals surface area contributed by atoms with E-state index in [4.69, 9.17) is 5.73 Å². The highest BCUT2D eigenvalue weighted by molar-refractivity contribution is 7.89. The Balaban J connectivity index is 2.72. The molecule has 0 saturated carbocycles. The summed E-state index contributed by atoms with van der Waals surface area (Å²) in [5.74, 6) is 0.101. The molecule has 2 N–H and O–H groups in total. The lowest BCUT2D eigenvalue weighted by Gasteiger charge is -2.19. The maximum Gasteiger partial charge on any atom is 0.214 e.